The lowest BCUT2D eigenvalue weighted by Gasteiger charge is -2.54. The minimum absolute atomic E-state index is 0.00957. The predicted octanol–water partition coefficient (Wildman–Crippen LogP) is 5.74. The van der Waals surface area contributed by atoms with E-state index in [4.69, 9.17) is 4.74 Å². The number of nitrogens with zero attached hydrogens (tertiary/aromatic N) is 2. The van der Waals surface area contributed by atoms with Crippen molar-refractivity contribution in [3.8, 4) is 0 Å². The number of aromatic nitrogens is 1. The summed E-state index contributed by atoms with van der Waals surface area (Å²) in [6, 6.07) is 9.04. The lowest BCUT2D eigenvalue weighted by Crippen LogP contribution is -2.55. The minimum Gasteiger partial charge on any atom is -0.359 e. The fourth-order valence-corrected chi connectivity index (χ4v) is 9.55. The molecule has 0 N–H and O–H groups in total. The van der Waals surface area contributed by atoms with Crippen molar-refractivity contribution < 1.29 is 13.2 Å². The van der Waals surface area contributed by atoms with Crippen molar-refractivity contribution in [3.05, 3.63) is 65.5 Å². The molecule has 3 heterocycles. The number of hydrogen-bond donors (Lipinski definition) is 0. The number of benzene rings is 1. The second-order valence-corrected chi connectivity index (χ2v) is 14.4. The van der Waals surface area contributed by atoms with Crippen molar-refractivity contribution in [2.24, 2.45) is 11.3 Å². The van der Waals surface area contributed by atoms with E-state index in [1.807, 2.05) is 12.4 Å². The molecule has 5 aliphatic rings. The van der Waals surface area contributed by atoms with Gasteiger partial charge in [0, 0.05) is 30.9 Å². The van der Waals surface area contributed by atoms with Crippen LogP contribution in [0.5, 0.6) is 0 Å². The van der Waals surface area contributed by atoms with Crippen molar-refractivity contribution in [3.63, 3.8) is 0 Å². The maximum atomic E-state index is 12.3. The first-order valence-electron chi connectivity index (χ1n) is 13.5. The number of rotatable bonds is 3. The zero-order valence-corrected chi connectivity index (χ0v) is 22.4. The van der Waals surface area contributed by atoms with E-state index in [1.54, 1.807) is 11.4 Å². The van der Waals surface area contributed by atoms with Gasteiger partial charge in [0.05, 0.1) is 17.5 Å². The van der Waals surface area contributed by atoms with Crippen LogP contribution in [-0.4, -0.2) is 48.3 Å². The molecule has 2 bridgehead atoms. The molecule has 190 valence electrons. The van der Waals surface area contributed by atoms with E-state index < -0.39 is 10.0 Å². The van der Waals surface area contributed by atoms with Gasteiger partial charge < -0.3 is 4.74 Å². The van der Waals surface area contributed by atoms with E-state index in [0.29, 0.717) is 11.8 Å². The molecule has 3 unspecified atom stereocenters. The van der Waals surface area contributed by atoms with Crippen LogP contribution in [0.25, 0.3) is 10.8 Å². The standard InChI is InChI=1S/C30H36N2O3S/c1-28-12-10-24-17-23-6-7-25(32(2)36(3,33)34)18-29(23)13-14-30(24,35-29)27(28)9-8-26(28)21-5-4-20-11-15-31-19-22(20)16-21/h4-5,10-11,15-17,19,25-27H,6-9,12-14,18H2,1-3H3/t25?,26?,27-,28?,29-,30-/m1/s1. The van der Waals surface area contributed by atoms with Crippen LogP contribution in [0.4, 0.5) is 0 Å². The fraction of sp³-hybridized carbons (Fsp3) is 0.567. The van der Waals surface area contributed by atoms with Crippen molar-refractivity contribution in [1.29, 1.82) is 0 Å². The van der Waals surface area contributed by atoms with Crippen LogP contribution in [0.1, 0.15) is 69.8 Å². The summed E-state index contributed by atoms with van der Waals surface area (Å²) in [6.45, 7) is 2.50. The molecule has 7 rings (SSSR count). The quantitative estimate of drug-likeness (QED) is 0.535. The van der Waals surface area contributed by atoms with Crippen molar-refractivity contribution in [2.45, 2.75) is 81.5 Å². The highest BCUT2D eigenvalue weighted by Gasteiger charge is 2.66. The normalized spacial score (nSPS) is 39.4. The average Bonchev–Trinajstić information content (AvgIpc) is 3.37. The Labute approximate surface area is 214 Å². The molecule has 3 fully saturated rings. The Morgan fingerprint density at radius 2 is 1.97 bits per heavy atom. The van der Waals surface area contributed by atoms with Gasteiger partial charge in [0.1, 0.15) is 0 Å². The summed E-state index contributed by atoms with van der Waals surface area (Å²) in [4.78, 5) is 4.36. The predicted molar refractivity (Wildman–Crippen MR) is 142 cm³/mol. The lowest BCUT2D eigenvalue weighted by molar-refractivity contribution is -0.138. The van der Waals surface area contributed by atoms with Gasteiger partial charge in [-0.15, -0.1) is 0 Å². The van der Waals surface area contributed by atoms with Gasteiger partial charge >= 0.3 is 0 Å². The van der Waals surface area contributed by atoms with Crippen LogP contribution in [0, 0.1) is 11.3 Å². The van der Waals surface area contributed by atoms with Crippen LogP contribution in [0.15, 0.2) is 60.0 Å². The lowest BCUT2D eigenvalue weighted by atomic mass is 9.58. The first-order valence-corrected chi connectivity index (χ1v) is 15.4. The smallest absolute Gasteiger partial charge is 0.211 e. The van der Waals surface area contributed by atoms with Gasteiger partial charge in [-0.2, -0.15) is 0 Å². The number of fused-ring (bicyclic) bond motifs is 2. The summed E-state index contributed by atoms with van der Waals surface area (Å²) in [5.41, 5.74) is 3.86. The van der Waals surface area contributed by atoms with E-state index in [2.05, 4.69) is 48.3 Å². The van der Waals surface area contributed by atoms with E-state index >= 15 is 0 Å². The third kappa shape index (κ3) is 3.07. The highest BCUT2D eigenvalue weighted by atomic mass is 32.2. The summed E-state index contributed by atoms with van der Waals surface area (Å²) in [7, 11) is -1.48. The first-order chi connectivity index (χ1) is 17.1. The minimum atomic E-state index is -3.22. The molecule has 1 saturated heterocycles. The van der Waals surface area contributed by atoms with Gasteiger partial charge in [0.25, 0.3) is 0 Å². The number of allylic oxidation sites excluding steroid dienone is 1. The summed E-state index contributed by atoms with van der Waals surface area (Å²) < 4.78 is 33.6. The molecule has 2 spiro atoms. The molecule has 0 radical (unpaired) electrons. The highest BCUT2D eigenvalue weighted by molar-refractivity contribution is 7.88. The monoisotopic (exact) mass is 504 g/mol. The molecule has 1 aromatic heterocycles. The molecule has 5 nitrogen and oxygen atoms in total. The molecule has 36 heavy (non-hydrogen) atoms. The average molecular weight is 505 g/mol. The van der Waals surface area contributed by atoms with Crippen LogP contribution in [-0.2, 0) is 14.8 Å². The van der Waals surface area contributed by atoms with Gasteiger partial charge in [-0.3, -0.25) is 4.98 Å². The SMILES string of the molecule is CN(C1CCC2=CC3=CCC4(C)C(c5ccc6ccncc6c5)CC[C@H]4[C@@]34CC[C@]2(C1)O4)S(C)(=O)=O. The Balaban J connectivity index is 1.25. The molecule has 0 amide bonds. The van der Waals surface area contributed by atoms with Crippen molar-refractivity contribution >= 4 is 20.8 Å². The highest BCUT2D eigenvalue weighted by Crippen LogP contribution is 2.69. The van der Waals surface area contributed by atoms with Crippen LogP contribution in [0.2, 0.25) is 0 Å². The first kappa shape index (κ1) is 23.1. The molecule has 6 atom stereocenters. The third-order valence-electron chi connectivity index (χ3n) is 10.8. The molecule has 2 saturated carbocycles. The molecular weight excluding hydrogens is 468 g/mol. The summed E-state index contributed by atoms with van der Waals surface area (Å²) in [5, 5.41) is 2.46. The zero-order chi connectivity index (χ0) is 24.9. The van der Waals surface area contributed by atoms with Gasteiger partial charge in [0.2, 0.25) is 10.0 Å². The molecule has 1 aromatic carbocycles. The van der Waals surface area contributed by atoms with Crippen molar-refractivity contribution in [1.82, 2.24) is 9.29 Å². The van der Waals surface area contributed by atoms with E-state index in [0.717, 1.165) is 38.5 Å². The Morgan fingerprint density at radius 3 is 2.81 bits per heavy atom. The Hall–Kier alpha value is -2.02. The molecule has 2 aliphatic heterocycles. The van der Waals surface area contributed by atoms with E-state index in [9.17, 15) is 8.42 Å². The van der Waals surface area contributed by atoms with Crippen LogP contribution in [0.3, 0.4) is 0 Å². The van der Waals surface area contributed by atoms with Gasteiger partial charge in [-0.1, -0.05) is 31.2 Å². The van der Waals surface area contributed by atoms with Crippen molar-refractivity contribution in [2.75, 3.05) is 13.3 Å². The largest absolute Gasteiger partial charge is 0.359 e. The Morgan fingerprint density at radius 1 is 1.11 bits per heavy atom. The Kier molecular flexibility index (Phi) is 4.83. The second-order valence-electron chi connectivity index (χ2n) is 12.4. The van der Waals surface area contributed by atoms with Crippen LogP contribution < -0.4 is 0 Å². The van der Waals surface area contributed by atoms with Gasteiger partial charge in [0.15, 0.2) is 0 Å². The van der Waals surface area contributed by atoms with Gasteiger partial charge in [-0.05, 0) is 103 Å². The molecular formula is C30H36N2O3S. The number of sulfonamides is 1. The summed E-state index contributed by atoms with van der Waals surface area (Å²) >= 11 is 0. The topological polar surface area (TPSA) is 59.5 Å². The third-order valence-corrected chi connectivity index (χ3v) is 12.1. The fourth-order valence-electron chi connectivity index (χ4n) is 8.83. The molecule has 3 aliphatic carbocycles. The second kappa shape index (κ2) is 7.52. The molecule has 2 aromatic rings. The maximum Gasteiger partial charge on any atom is 0.211 e. The number of hydrogen-bond acceptors (Lipinski definition) is 4. The summed E-state index contributed by atoms with van der Waals surface area (Å²) in [5.74, 6) is 0.977. The van der Waals surface area contributed by atoms with E-state index in [-0.39, 0.29) is 22.7 Å². The van der Waals surface area contributed by atoms with Crippen LogP contribution >= 0.6 is 0 Å². The zero-order valence-electron chi connectivity index (χ0n) is 21.5. The Bertz CT molecular complexity index is 1430. The number of ether oxygens (including phenoxy) is 1. The number of pyridine rings is 1. The van der Waals surface area contributed by atoms with E-state index in [1.165, 1.54) is 46.6 Å². The van der Waals surface area contributed by atoms with Gasteiger partial charge in [-0.25, -0.2) is 12.7 Å². The summed E-state index contributed by atoms with van der Waals surface area (Å²) in [6.07, 6.45) is 18.2. The maximum absolute atomic E-state index is 12.3. The molecule has 6 heteroatoms.